The standard InChI is InChI=1S/C26H24F3NO6/c1-3-11-35-22-15-7-5-6-8-16(15)23(36-26(28)29)21-20(22)24(32)30(25(21)33)18-10-9-14(12-17(18)27)13-19(31)34-4-2/h5-10,12,26,32-33H,3-4,11,13H2,1-2H3. The molecule has 4 rings (SSSR count). The Labute approximate surface area is 204 Å². The van der Waals surface area contributed by atoms with Crippen molar-refractivity contribution < 1.29 is 42.4 Å². The van der Waals surface area contributed by atoms with Gasteiger partial charge in [-0.15, -0.1) is 0 Å². The second-order valence-electron chi connectivity index (χ2n) is 7.93. The minimum absolute atomic E-state index is 0.106. The van der Waals surface area contributed by atoms with Gasteiger partial charge in [0, 0.05) is 10.8 Å². The van der Waals surface area contributed by atoms with E-state index in [2.05, 4.69) is 0 Å². The lowest BCUT2D eigenvalue weighted by molar-refractivity contribution is -0.142. The highest BCUT2D eigenvalue weighted by molar-refractivity contribution is 6.15. The van der Waals surface area contributed by atoms with Gasteiger partial charge in [-0.2, -0.15) is 8.78 Å². The van der Waals surface area contributed by atoms with E-state index in [1.54, 1.807) is 25.1 Å². The van der Waals surface area contributed by atoms with Crippen LogP contribution in [0.4, 0.5) is 13.2 Å². The van der Waals surface area contributed by atoms with E-state index in [0.717, 1.165) is 10.6 Å². The van der Waals surface area contributed by atoms with Crippen molar-refractivity contribution in [2.45, 2.75) is 33.3 Å². The molecule has 7 nitrogen and oxygen atoms in total. The van der Waals surface area contributed by atoms with Gasteiger partial charge in [-0.05, 0) is 31.0 Å². The van der Waals surface area contributed by atoms with Gasteiger partial charge >= 0.3 is 12.6 Å². The van der Waals surface area contributed by atoms with Gasteiger partial charge in [-0.3, -0.25) is 4.79 Å². The molecule has 3 aromatic carbocycles. The second-order valence-corrected chi connectivity index (χ2v) is 7.93. The fraction of sp³-hybridized carbons (Fsp3) is 0.269. The Bertz CT molecular complexity index is 1430. The summed E-state index contributed by atoms with van der Waals surface area (Å²) >= 11 is 0. The minimum atomic E-state index is -3.23. The molecular weight excluding hydrogens is 479 g/mol. The highest BCUT2D eigenvalue weighted by atomic mass is 19.3. The van der Waals surface area contributed by atoms with E-state index in [9.17, 15) is 23.8 Å². The highest BCUT2D eigenvalue weighted by Crippen LogP contribution is 2.53. The summed E-state index contributed by atoms with van der Waals surface area (Å²) in [5, 5.41) is 22.5. The molecule has 0 radical (unpaired) electrons. The van der Waals surface area contributed by atoms with E-state index in [0.29, 0.717) is 17.4 Å². The number of ether oxygens (including phenoxy) is 3. The molecule has 190 valence electrons. The zero-order chi connectivity index (χ0) is 26.0. The maximum Gasteiger partial charge on any atom is 0.387 e. The molecule has 2 N–H and O–H groups in total. The van der Waals surface area contributed by atoms with Crippen LogP contribution in [0.5, 0.6) is 23.3 Å². The third kappa shape index (κ3) is 4.46. The fourth-order valence-corrected chi connectivity index (χ4v) is 4.14. The summed E-state index contributed by atoms with van der Waals surface area (Å²) in [4.78, 5) is 11.7. The number of nitrogens with zero attached hydrogens (tertiary/aromatic N) is 1. The Balaban J connectivity index is 1.99. The molecule has 0 aliphatic carbocycles. The summed E-state index contributed by atoms with van der Waals surface area (Å²) in [6, 6.07) is 10.1. The third-order valence-corrected chi connectivity index (χ3v) is 5.56. The van der Waals surface area contributed by atoms with Crippen molar-refractivity contribution in [3.63, 3.8) is 0 Å². The first kappa shape index (κ1) is 25.0. The van der Waals surface area contributed by atoms with E-state index in [-0.39, 0.29) is 53.0 Å². The summed E-state index contributed by atoms with van der Waals surface area (Å²) < 4.78 is 58.3. The lowest BCUT2D eigenvalue weighted by atomic mass is 10.0. The van der Waals surface area contributed by atoms with Crippen molar-refractivity contribution in [2.75, 3.05) is 13.2 Å². The zero-order valence-electron chi connectivity index (χ0n) is 19.6. The largest absolute Gasteiger partial charge is 0.494 e. The molecule has 0 aliphatic rings. The average Bonchev–Trinajstić information content (AvgIpc) is 3.09. The molecule has 0 atom stereocenters. The number of halogens is 3. The van der Waals surface area contributed by atoms with E-state index in [1.165, 1.54) is 18.2 Å². The fourth-order valence-electron chi connectivity index (χ4n) is 4.14. The van der Waals surface area contributed by atoms with Crippen LogP contribution in [0.25, 0.3) is 27.2 Å². The van der Waals surface area contributed by atoms with E-state index in [4.69, 9.17) is 14.2 Å². The number of fused-ring (bicyclic) bond motifs is 2. The Morgan fingerprint density at radius 1 is 1.00 bits per heavy atom. The van der Waals surface area contributed by atoms with Crippen molar-refractivity contribution >= 4 is 27.5 Å². The molecule has 0 bridgehead atoms. The number of aromatic hydroxyl groups is 2. The number of hydrogen-bond acceptors (Lipinski definition) is 6. The molecule has 4 aromatic rings. The number of hydrogen-bond donors (Lipinski definition) is 2. The lowest BCUT2D eigenvalue weighted by Crippen LogP contribution is -2.08. The van der Waals surface area contributed by atoms with Gasteiger partial charge in [0.05, 0.1) is 36.1 Å². The summed E-state index contributed by atoms with van der Waals surface area (Å²) in [7, 11) is 0. The normalized spacial score (nSPS) is 11.4. The maximum absolute atomic E-state index is 15.2. The number of carbonyl (C=O) groups excluding carboxylic acids is 1. The molecule has 0 saturated carbocycles. The first-order valence-corrected chi connectivity index (χ1v) is 11.3. The zero-order valence-corrected chi connectivity index (χ0v) is 19.6. The second kappa shape index (κ2) is 10.3. The van der Waals surface area contributed by atoms with Crippen LogP contribution in [-0.4, -0.2) is 40.6 Å². The van der Waals surface area contributed by atoms with Crippen molar-refractivity contribution in [1.29, 1.82) is 0 Å². The van der Waals surface area contributed by atoms with Gasteiger partial charge in [-0.1, -0.05) is 37.3 Å². The predicted molar refractivity (Wildman–Crippen MR) is 127 cm³/mol. The van der Waals surface area contributed by atoms with Gasteiger partial charge in [0.15, 0.2) is 0 Å². The van der Waals surface area contributed by atoms with Crippen LogP contribution < -0.4 is 9.47 Å². The van der Waals surface area contributed by atoms with Crippen molar-refractivity contribution in [2.24, 2.45) is 0 Å². The van der Waals surface area contributed by atoms with Gasteiger partial charge in [0.1, 0.15) is 17.3 Å². The average molecular weight is 503 g/mol. The summed E-state index contributed by atoms with van der Waals surface area (Å²) in [6.07, 6.45) is 0.429. The maximum atomic E-state index is 15.2. The first-order chi connectivity index (χ1) is 17.3. The molecule has 1 aromatic heterocycles. The number of benzene rings is 3. The van der Waals surface area contributed by atoms with Crippen molar-refractivity contribution in [3.05, 3.63) is 53.8 Å². The van der Waals surface area contributed by atoms with Crippen LogP contribution in [0, 0.1) is 5.82 Å². The van der Waals surface area contributed by atoms with Crippen LogP contribution in [0.3, 0.4) is 0 Å². The molecule has 1 heterocycles. The number of rotatable bonds is 9. The van der Waals surface area contributed by atoms with Crippen molar-refractivity contribution in [3.8, 4) is 28.9 Å². The molecule has 0 amide bonds. The Hall–Kier alpha value is -4.08. The predicted octanol–water partition coefficient (Wildman–Crippen LogP) is 5.83. The monoisotopic (exact) mass is 503 g/mol. The number of aromatic nitrogens is 1. The number of carbonyl (C=O) groups is 1. The third-order valence-electron chi connectivity index (χ3n) is 5.56. The van der Waals surface area contributed by atoms with Crippen LogP contribution in [0.2, 0.25) is 0 Å². The molecule has 36 heavy (non-hydrogen) atoms. The number of alkyl halides is 2. The smallest absolute Gasteiger partial charge is 0.387 e. The quantitative estimate of drug-likeness (QED) is 0.280. The first-order valence-electron chi connectivity index (χ1n) is 11.3. The van der Waals surface area contributed by atoms with Gasteiger partial charge in [-0.25, -0.2) is 8.96 Å². The molecule has 10 heteroatoms. The highest BCUT2D eigenvalue weighted by Gasteiger charge is 2.30. The molecule has 0 spiro atoms. The minimum Gasteiger partial charge on any atom is -0.494 e. The van der Waals surface area contributed by atoms with Gasteiger partial charge < -0.3 is 24.4 Å². The van der Waals surface area contributed by atoms with Crippen LogP contribution in [0.15, 0.2) is 42.5 Å². The molecule has 0 fully saturated rings. The van der Waals surface area contributed by atoms with Gasteiger partial charge in [0.2, 0.25) is 11.8 Å². The Morgan fingerprint density at radius 3 is 2.22 bits per heavy atom. The van der Waals surface area contributed by atoms with E-state index in [1.807, 2.05) is 6.92 Å². The Kier molecular flexibility index (Phi) is 7.14. The SMILES string of the molecule is CCCOc1c2ccccc2c(OC(F)F)c2c(O)n(-c3ccc(CC(=O)OCC)cc3F)c(O)c12. The van der Waals surface area contributed by atoms with Crippen LogP contribution in [-0.2, 0) is 16.0 Å². The lowest BCUT2D eigenvalue weighted by Gasteiger charge is -2.15. The van der Waals surface area contributed by atoms with E-state index >= 15 is 4.39 Å². The van der Waals surface area contributed by atoms with Crippen LogP contribution >= 0.6 is 0 Å². The molecule has 0 unspecified atom stereocenters. The molecular formula is C26H24F3NO6. The summed E-state index contributed by atoms with van der Waals surface area (Å²) in [5.74, 6) is -3.02. The van der Waals surface area contributed by atoms with Crippen molar-refractivity contribution in [1.82, 2.24) is 4.57 Å². The Morgan fingerprint density at radius 2 is 1.64 bits per heavy atom. The molecule has 0 saturated heterocycles. The van der Waals surface area contributed by atoms with Gasteiger partial charge in [0.25, 0.3) is 0 Å². The molecule has 0 aliphatic heterocycles. The van der Waals surface area contributed by atoms with Crippen LogP contribution in [0.1, 0.15) is 25.8 Å². The topological polar surface area (TPSA) is 90.2 Å². The summed E-state index contributed by atoms with van der Waals surface area (Å²) in [6.45, 7) is 0.692. The van der Waals surface area contributed by atoms with E-state index < -0.39 is 30.2 Å². The summed E-state index contributed by atoms with van der Waals surface area (Å²) in [5.41, 5.74) is 0.0344. The number of esters is 1.